The van der Waals surface area contributed by atoms with Gasteiger partial charge in [0.15, 0.2) is 0 Å². The Kier molecular flexibility index (Phi) is 3.00. The molecule has 0 saturated carbocycles. The van der Waals surface area contributed by atoms with Gasteiger partial charge in [-0.1, -0.05) is 0 Å². The van der Waals surface area contributed by atoms with Crippen molar-refractivity contribution in [3.8, 4) is 5.75 Å². The number of hydrogen-bond acceptors (Lipinski definition) is 1. The van der Waals surface area contributed by atoms with E-state index in [0.29, 0.717) is 0 Å². The molecule has 11 heavy (non-hydrogen) atoms. The Morgan fingerprint density at radius 2 is 2.27 bits per heavy atom. The average molecular weight is 252 g/mol. The van der Waals surface area contributed by atoms with Crippen LogP contribution < -0.4 is 4.74 Å². The standard InChI is InChI=1S/C9H9O.Sn/c1-3-8-5-4-6-9(7-8)10-2;/h4-7H,1H2,2H3;. The molecule has 1 aromatic rings. The Bertz CT molecular complexity index is 268. The Morgan fingerprint density at radius 1 is 1.55 bits per heavy atom. The van der Waals surface area contributed by atoms with Gasteiger partial charge in [-0.05, 0) is 0 Å². The van der Waals surface area contributed by atoms with E-state index in [1.165, 1.54) is 28.1 Å². The predicted molar refractivity (Wildman–Crippen MR) is 47.8 cm³/mol. The molecule has 0 saturated heterocycles. The first-order chi connectivity index (χ1) is 5.24. The third-order valence-electron chi connectivity index (χ3n) is 1.42. The Balaban J connectivity index is 3.01. The molecule has 3 radical (unpaired) electrons. The molecule has 0 atom stereocenters. The van der Waals surface area contributed by atoms with Crippen LogP contribution >= 0.6 is 0 Å². The molecule has 0 aliphatic rings. The molecule has 1 nitrogen and oxygen atoms in total. The SMILES string of the molecule is C=[C]([Sn])c1cccc(OC)c1. The van der Waals surface area contributed by atoms with Crippen LogP contribution in [-0.4, -0.2) is 29.6 Å². The zero-order valence-electron chi connectivity index (χ0n) is 6.42. The first-order valence-electron chi connectivity index (χ1n) is 3.29. The van der Waals surface area contributed by atoms with Gasteiger partial charge in [-0.3, -0.25) is 0 Å². The van der Waals surface area contributed by atoms with Crippen molar-refractivity contribution >= 4 is 26.1 Å². The van der Waals surface area contributed by atoms with Gasteiger partial charge in [-0.15, -0.1) is 0 Å². The van der Waals surface area contributed by atoms with Crippen LogP contribution in [0, 0.1) is 0 Å². The van der Waals surface area contributed by atoms with Gasteiger partial charge in [0.2, 0.25) is 0 Å². The predicted octanol–water partition coefficient (Wildman–Crippen LogP) is 1.83. The summed E-state index contributed by atoms with van der Waals surface area (Å²) >= 11 is 1.35. The summed E-state index contributed by atoms with van der Waals surface area (Å²) in [5.74, 6) is 0.894. The topological polar surface area (TPSA) is 9.23 Å². The molecule has 0 fully saturated rings. The van der Waals surface area contributed by atoms with E-state index in [1.807, 2.05) is 24.3 Å². The number of ether oxygens (including phenoxy) is 1. The van der Waals surface area contributed by atoms with Crippen molar-refractivity contribution < 1.29 is 4.74 Å². The molecule has 0 unspecified atom stereocenters. The second-order valence-electron chi connectivity index (χ2n) is 2.21. The molecule has 0 aliphatic carbocycles. The van der Waals surface area contributed by atoms with Gasteiger partial charge in [-0.2, -0.15) is 0 Å². The van der Waals surface area contributed by atoms with E-state index in [1.54, 1.807) is 7.11 Å². The van der Waals surface area contributed by atoms with Gasteiger partial charge in [0.1, 0.15) is 0 Å². The van der Waals surface area contributed by atoms with Crippen LogP contribution in [-0.2, 0) is 0 Å². The fraction of sp³-hybridized carbons (Fsp3) is 0.111. The third-order valence-corrected chi connectivity index (χ3v) is 2.24. The maximum atomic E-state index is 5.07. The molecule has 0 aliphatic heterocycles. The van der Waals surface area contributed by atoms with Crippen molar-refractivity contribution in [2.75, 3.05) is 7.11 Å². The number of hydrogen-bond donors (Lipinski definition) is 0. The molecule has 0 amide bonds. The molecule has 0 bridgehead atoms. The fourth-order valence-electron chi connectivity index (χ4n) is 0.811. The Hall–Kier alpha value is -0.441. The van der Waals surface area contributed by atoms with E-state index in [2.05, 4.69) is 6.58 Å². The molecule has 0 spiro atoms. The van der Waals surface area contributed by atoms with Crippen molar-refractivity contribution in [1.82, 2.24) is 0 Å². The van der Waals surface area contributed by atoms with Crippen LogP contribution in [0.3, 0.4) is 0 Å². The van der Waals surface area contributed by atoms with Gasteiger partial charge >= 0.3 is 80.1 Å². The van der Waals surface area contributed by atoms with Crippen LogP contribution in [0.25, 0.3) is 3.59 Å². The maximum absolute atomic E-state index is 5.07. The van der Waals surface area contributed by atoms with Crippen LogP contribution in [0.4, 0.5) is 0 Å². The average Bonchev–Trinajstić information content (AvgIpc) is 2.05. The van der Waals surface area contributed by atoms with Crippen molar-refractivity contribution in [3.05, 3.63) is 36.4 Å². The van der Waals surface area contributed by atoms with Crippen molar-refractivity contribution in [1.29, 1.82) is 0 Å². The second-order valence-corrected chi connectivity index (χ2v) is 3.93. The monoisotopic (exact) mass is 253 g/mol. The molecular weight excluding hydrogens is 243 g/mol. The van der Waals surface area contributed by atoms with E-state index < -0.39 is 0 Å². The zero-order chi connectivity index (χ0) is 8.27. The van der Waals surface area contributed by atoms with Gasteiger partial charge in [0.05, 0.1) is 0 Å². The Labute approximate surface area is 80.2 Å². The third kappa shape index (κ3) is 2.26. The summed E-state index contributed by atoms with van der Waals surface area (Å²) in [5.41, 5.74) is 1.17. The molecule has 0 N–H and O–H groups in total. The molecular formula is C9H9OSn. The molecule has 2 heteroatoms. The summed E-state index contributed by atoms with van der Waals surface area (Å²) in [6.45, 7) is 3.89. The van der Waals surface area contributed by atoms with E-state index in [-0.39, 0.29) is 0 Å². The number of rotatable bonds is 2. The summed E-state index contributed by atoms with van der Waals surface area (Å²) in [5, 5.41) is 0. The van der Waals surface area contributed by atoms with Gasteiger partial charge in [0.25, 0.3) is 0 Å². The summed E-state index contributed by atoms with van der Waals surface area (Å²) in [6.07, 6.45) is 0. The number of methoxy groups -OCH3 is 1. The molecule has 1 aromatic carbocycles. The van der Waals surface area contributed by atoms with Crippen LogP contribution in [0.2, 0.25) is 0 Å². The van der Waals surface area contributed by atoms with Crippen LogP contribution in [0.15, 0.2) is 30.8 Å². The second kappa shape index (κ2) is 3.81. The van der Waals surface area contributed by atoms with Crippen molar-refractivity contribution in [3.63, 3.8) is 0 Å². The minimum atomic E-state index is 0.894. The minimum absolute atomic E-state index is 0.894. The summed E-state index contributed by atoms with van der Waals surface area (Å²) < 4.78 is 6.22. The summed E-state index contributed by atoms with van der Waals surface area (Å²) in [4.78, 5) is 0. The van der Waals surface area contributed by atoms with Gasteiger partial charge in [-0.25, -0.2) is 0 Å². The molecule has 0 aromatic heterocycles. The summed E-state index contributed by atoms with van der Waals surface area (Å²) in [7, 11) is 1.67. The number of benzene rings is 1. The van der Waals surface area contributed by atoms with Crippen molar-refractivity contribution in [2.24, 2.45) is 0 Å². The van der Waals surface area contributed by atoms with Gasteiger partial charge in [0, 0.05) is 0 Å². The quantitative estimate of drug-likeness (QED) is 0.729. The van der Waals surface area contributed by atoms with E-state index in [0.717, 1.165) is 9.34 Å². The molecule has 55 valence electrons. The van der Waals surface area contributed by atoms with E-state index >= 15 is 0 Å². The first-order valence-corrected chi connectivity index (χ1v) is 4.71. The van der Waals surface area contributed by atoms with Crippen molar-refractivity contribution in [2.45, 2.75) is 0 Å². The fourth-order valence-corrected chi connectivity index (χ4v) is 1.25. The zero-order valence-corrected chi connectivity index (χ0v) is 9.28. The van der Waals surface area contributed by atoms with E-state index in [4.69, 9.17) is 4.74 Å². The first kappa shape index (κ1) is 8.65. The van der Waals surface area contributed by atoms with E-state index in [9.17, 15) is 0 Å². The van der Waals surface area contributed by atoms with Gasteiger partial charge < -0.3 is 0 Å². The van der Waals surface area contributed by atoms with Crippen LogP contribution in [0.1, 0.15) is 5.56 Å². The van der Waals surface area contributed by atoms with Crippen LogP contribution in [0.5, 0.6) is 5.75 Å². The summed E-state index contributed by atoms with van der Waals surface area (Å²) in [6, 6.07) is 7.95. The molecule has 1 rings (SSSR count). The normalized spacial score (nSPS) is 9.27. The Morgan fingerprint density at radius 3 is 2.82 bits per heavy atom. The molecule has 0 heterocycles.